The van der Waals surface area contributed by atoms with E-state index < -0.39 is 27.4 Å². The van der Waals surface area contributed by atoms with E-state index in [9.17, 15) is 13.2 Å². The summed E-state index contributed by atoms with van der Waals surface area (Å²) < 4.78 is 69.5. The molecule has 5 aromatic carbocycles. The van der Waals surface area contributed by atoms with E-state index in [0.29, 0.717) is 11.5 Å². The molecule has 0 fully saturated rings. The Balaban J connectivity index is 1.57. The maximum absolute atomic E-state index is 14.7. The molecule has 6 aromatic rings. The molecule has 0 spiro atoms. The number of benzene rings is 5. The quantitative estimate of drug-likeness (QED) is 0.101. The van der Waals surface area contributed by atoms with Gasteiger partial charge >= 0.3 is 10.1 Å². The van der Waals surface area contributed by atoms with Crippen molar-refractivity contribution >= 4 is 21.1 Å². The zero-order chi connectivity index (χ0) is 36.8. The van der Waals surface area contributed by atoms with Gasteiger partial charge in [-0.2, -0.15) is 8.42 Å². The van der Waals surface area contributed by atoms with Crippen molar-refractivity contribution in [2.45, 2.75) is 45.0 Å². The number of aryl methyl sites for hydroxylation is 1. The molecular weight excluding hydrogens is 685 g/mol. The van der Waals surface area contributed by atoms with Crippen molar-refractivity contribution in [2.24, 2.45) is 0 Å². The van der Waals surface area contributed by atoms with E-state index in [1.54, 1.807) is 44.2 Å². The normalized spacial score (nSPS) is 11.3. The number of rotatable bonds is 14. The van der Waals surface area contributed by atoms with Gasteiger partial charge in [0.25, 0.3) is 0 Å². The Morgan fingerprint density at radius 2 is 1.29 bits per heavy atom. The number of fused-ring (bicyclic) bond motifs is 1. The molecule has 52 heavy (non-hydrogen) atoms. The Morgan fingerprint density at radius 3 is 1.87 bits per heavy atom. The van der Waals surface area contributed by atoms with Crippen LogP contribution < -0.4 is 33.3 Å². The Kier molecular flexibility index (Phi) is 10.7. The minimum absolute atomic E-state index is 0.0116. The largest absolute Gasteiger partial charge is 0.493 e. The summed E-state index contributed by atoms with van der Waals surface area (Å²) in [7, 11) is -1.60. The SMILES string of the molecule is COc1ccc(-c2oc3cc(OCc4ccccc4)c(OC)c(OC(C)C)c3c(=O)c2OS(=O)(=O)c2ccc(C)cc2)cc1OCc1ccccc1. The van der Waals surface area contributed by atoms with E-state index in [2.05, 4.69) is 0 Å². The molecule has 6 rings (SSSR count). The van der Waals surface area contributed by atoms with Gasteiger partial charge < -0.3 is 32.3 Å². The summed E-state index contributed by atoms with van der Waals surface area (Å²) in [6.45, 7) is 5.79. The first-order valence-electron chi connectivity index (χ1n) is 16.5. The third-order valence-electron chi connectivity index (χ3n) is 7.98. The second kappa shape index (κ2) is 15.5. The molecule has 0 bridgehead atoms. The molecule has 0 aliphatic rings. The van der Waals surface area contributed by atoms with Crippen LogP contribution in [0.5, 0.6) is 34.5 Å². The van der Waals surface area contributed by atoms with Crippen molar-refractivity contribution in [1.29, 1.82) is 0 Å². The van der Waals surface area contributed by atoms with Crippen LogP contribution in [-0.4, -0.2) is 28.7 Å². The molecule has 0 radical (unpaired) electrons. The van der Waals surface area contributed by atoms with Gasteiger partial charge in [0.05, 0.1) is 20.3 Å². The second-order valence-corrected chi connectivity index (χ2v) is 13.7. The van der Waals surface area contributed by atoms with Crippen LogP contribution in [0.3, 0.4) is 0 Å². The molecule has 0 aliphatic carbocycles. The Bertz CT molecular complexity index is 2330. The van der Waals surface area contributed by atoms with Crippen molar-refractivity contribution in [1.82, 2.24) is 0 Å². The molecule has 0 saturated heterocycles. The second-order valence-electron chi connectivity index (χ2n) is 12.1. The van der Waals surface area contributed by atoms with Crippen LogP contribution in [0, 0.1) is 6.92 Å². The van der Waals surface area contributed by atoms with E-state index in [4.69, 9.17) is 32.3 Å². The topological polar surface area (TPSA) is 120 Å². The van der Waals surface area contributed by atoms with Gasteiger partial charge in [0.1, 0.15) is 29.1 Å². The molecule has 1 aromatic heterocycles. The summed E-state index contributed by atoms with van der Waals surface area (Å²) in [5.41, 5.74) is 2.17. The average Bonchev–Trinajstić information content (AvgIpc) is 3.14. The van der Waals surface area contributed by atoms with E-state index in [-0.39, 0.29) is 57.7 Å². The average molecular weight is 723 g/mol. The maximum Gasteiger partial charge on any atom is 0.339 e. The van der Waals surface area contributed by atoms with Crippen LogP contribution in [0.25, 0.3) is 22.3 Å². The van der Waals surface area contributed by atoms with E-state index in [1.807, 2.05) is 67.6 Å². The zero-order valence-corrected chi connectivity index (χ0v) is 30.2. The van der Waals surface area contributed by atoms with Crippen LogP contribution in [0.1, 0.15) is 30.5 Å². The first-order chi connectivity index (χ1) is 25.1. The highest BCUT2D eigenvalue weighted by molar-refractivity contribution is 7.87. The number of hydrogen-bond acceptors (Lipinski definition) is 10. The van der Waals surface area contributed by atoms with Gasteiger partial charge in [0, 0.05) is 11.6 Å². The van der Waals surface area contributed by atoms with Gasteiger partial charge in [-0.25, -0.2) is 0 Å². The maximum atomic E-state index is 14.7. The van der Waals surface area contributed by atoms with Crippen molar-refractivity contribution in [3.63, 3.8) is 0 Å². The highest BCUT2D eigenvalue weighted by atomic mass is 32.2. The fraction of sp³-hybridized carbons (Fsp3) is 0.195. The molecule has 1 heterocycles. The smallest absolute Gasteiger partial charge is 0.339 e. The fourth-order valence-electron chi connectivity index (χ4n) is 5.44. The molecule has 11 heteroatoms. The lowest BCUT2D eigenvalue weighted by Crippen LogP contribution is -2.18. The van der Waals surface area contributed by atoms with Gasteiger partial charge in [-0.05, 0) is 62.2 Å². The first-order valence-corrected chi connectivity index (χ1v) is 17.9. The van der Waals surface area contributed by atoms with Gasteiger partial charge in [-0.1, -0.05) is 78.4 Å². The summed E-state index contributed by atoms with van der Waals surface area (Å²) in [6.07, 6.45) is -0.424. The van der Waals surface area contributed by atoms with Crippen LogP contribution in [0.2, 0.25) is 0 Å². The van der Waals surface area contributed by atoms with Gasteiger partial charge in [-0.3, -0.25) is 4.79 Å². The highest BCUT2D eigenvalue weighted by Gasteiger charge is 2.30. The van der Waals surface area contributed by atoms with Crippen molar-refractivity contribution in [3.8, 4) is 45.8 Å². The molecule has 10 nitrogen and oxygen atoms in total. The van der Waals surface area contributed by atoms with Gasteiger partial charge in [-0.15, -0.1) is 0 Å². The highest BCUT2D eigenvalue weighted by Crippen LogP contribution is 2.46. The van der Waals surface area contributed by atoms with Crippen molar-refractivity contribution < 1.29 is 40.7 Å². The summed E-state index contributed by atoms with van der Waals surface area (Å²) in [6, 6.07) is 31.5. The summed E-state index contributed by atoms with van der Waals surface area (Å²) in [5.74, 6) is 0.362. The Hall–Kier alpha value is -5.94. The molecule has 0 N–H and O–H groups in total. The monoisotopic (exact) mass is 722 g/mol. The van der Waals surface area contributed by atoms with E-state index in [0.717, 1.165) is 16.7 Å². The lowest BCUT2D eigenvalue weighted by Gasteiger charge is -2.20. The zero-order valence-electron chi connectivity index (χ0n) is 29.4. The predicted molar refractivity (Wildman–Crippen MR) is 197 cm³/mol. The minimum atomic E-state index is -4.53. The van der Waals surface area contributed by atoms with Crippen LogP contribution in [-0.2, 0) is 23.3 Å². The van der Waals surface area contributed by atoms with E-state index >= 15 is 0 Å². The molecule has 0 amide bonds. The predicted octanol–water partition coefficient (Wildman–Crippen LogP) is 8.50. The summed E-state index contributed by atoms with van der Waals surface area (Å²) >= 11 is 0. The Labute approximate surface area is 302 Å². The van der Waals surface area contributed by atoms with Crippen LogP contribution in [0.15, 0.2) is 123 Å². The molecule has 0 atom stereocenters. The Morgan fingerprint density at radius 1 is 0.673 bits per heavy atom. The summed E-state index contributed by atoms with van der Waals surface area (Å²) in [5, 5.41) is -0.0930. The molecule has 268 valence electrons. The number of hydrogen-bond donors (Lipinski definition) is 0. The number of methoxy groups -OCH3 is 2. The fourth-order valence-corrected chi connectivity index (χ4v) is 6.38. The molecular formula is C41H38O10S. The van der Waals surface area contributed by atoms with Crippen LogP contribution in [0.4, 0.5) is 0 Å². The van der Waals surface area contributed by atoms with Crippen LogP contribution >= 0.6 is 0 Å². The molecule has 0 saturated carbocycles. The first kappa shape index (κ1) is 35.9. The third kappa shape index (κ3) is 7.84. The lowest BCUT2D eigenvalue weighted by atomic mass is 10.1. The minimum Gasteiger partial charge on any atom is -0.493 e. The van der Waals surface area contributed by atoms with Crippen molar-refractivity contribution in [3.05, 3.63) is 136 Å². The standard InChI is InChI=1S/C41H38O10S/c1-26(2)49-40-36-34(23-35(39(40)46-5)48-25-29-14-10-7-11-15-29)50-38(41(37(36)42)51-52(43,44)31-19-16-27(3)17-20-31)30-18-21-32(45-4)33(22-30)47-24-28-12-8-6-9-13-28/h6-23,26H,24-25H2,1-5H3. The summed E-state index contributed by atoms with van der Waals surface area (Å²) in [4.78, 5) is 14.5. The van der Waals surface area contributed by atoms with Crippen molar-refractivity contribution in [2.75, 3.05) is 14.2 Å². The molecule has 0 unspecified atom stereocenters. The van der Waals surface area contributed by atoms with E-state index in [1.165, 1.54) is 32.4 Å². The third-order valence-corrected chi connectivity index (χ3v) is 9.21. The lowest BCUT2D eigenvalue weighted by molar-refractivity contribution is 0.224. The van der Waals surface area contributed by atoms with Gasteiger partial charge in [0.2, 0.25) is 16.9 Å². The van der Waals surface area contributed by atoms with Gasteiger partial charge in [0.15, 0.2) is 28.8 Å². The number of ether oxygens (including phenoxy) is 5. The molecule has 0 aliphatic heterocycles.